The van der Waals surface area contributed by atoms with Gasteiger partial charge in [-0.05, 0) is 12.1 Å². The minimum Gasteiger partial charge on any atom is -0.409 e. The Labute approximate surface area is 89.6 Å². The number of halogens is 2. The van der Waals surface area contributed by atoms with Crippen molar-refractivity contribution < 1.29 is 18.8 Å². The number of benzene rings is 1. The number of anilines is 1. The van der Waals surface area contributed by atoms with Crippen molar-refractivity contribution in [2.24, 2.45) is 10.9 Å². The molecule has 16 heavy (non-hydrogen) atoms. The number of amidine groups is 1. The van der Waals surface area contributed by atoms with Gasteiger partial charge in [-0.2, -0.15) is 0 Å². The van der Waals surface area contributed by atoms with Crippen LogP contribution in [0.25, 0.3) is 0 Å². The van der Waals surface area contributed by atoms with Crippen molar-refractivity contribution in [1.29, 1.82) is 0 Å². The second-order valence-electron chi connectivity index (χ2n) is 2.91. The molecule has 0 saturated heterocycles. The largest absolute Gasteiger partial charge is 0.409 e. The zero-order chi connectivity index (χ0) is 12.1. The minimum absolute atomic E-state index is 0.353. The molecular formula is C9H9F2N3O2. The molecule has 5 nitrogen and oxygen atoms in total. The second-order valence-corrected chi connectivity index (χ2v) is 2.91. The van der Waals surface area contributed by atoms with E-state index in [1.54, 1.807) is 0 Å². The average Bonchev–Trinajstić information content (AvgIpc) is 2.23. The van der Waals surface area contributed by atoms with Crippen molar-refractivity contribution in [3.05, 3.63) is 29.8 Å². The Kier molecular flexibility index (Phi) is 3.76. The van der Waals surface area contributed by atoms with Gasteiger partial charge in [0.15, 0.2) is 0 Å². The predicted molar refractivity (Wildman–Crippen MR) is 53.0 cm³/mol. The van der Waals surface area contributed by atoms with Crippen molar-refractivity contribution >= 4 is 17.4 Å². The first kappa shape index (κ1) is 11.9. The number of carbonyl (C=O) groups is 1. The summed E-state index contributed by atoms with van der Waals surface area (Å²) in [5.41, 5.74) is 4.50. The molecule has 1 aromatic rings. The number of hydrogen-bond acceptors (Lipinski definition) is 3. The predicted octanol–water partition coefficient (Wildman–Crippen LogP) is 1.04. The van der Waals surface area contributed by atoms with Gasteiger partial charge in [0.2, 0.25) is 5.91 Å². The fourth-order valence-electron chi connectivity index (χ4n) is 1.00. The average molecular weight is 229 g/mol. The fraction of sp³-hybridized carbons (Fsp3) is 0.111. The van der Waals surface area contributed by atoms with Gasteiger partial charge in [-0.15, -0.1) is 0 Å². The van der Waals surface area contributed by atoms with E-state index in [2.05, 4.69) is 5.16 Å². The first-order valence-corrected chi connectivity index (χ1v) is 4.25. The van der Waals surface area contributed by atoms with E-state index in [-0.39, 0.29) is 5.84 Å². The number of nitrogens with two attached hydrogens (primary N) is 1. The second kappa shape index (κ2) is 5.06. The van der Waals surface area contributed by atoms with E-state index in [9.17, 15) is 13.6 Å². The Bertz CT molecular complexity index is 415. The SMILES string of the molecule is N/C(CC(=O)Nc1c(F)cccc1F)=N\O. The number of para-hydroxylation sites is 1. The first-order valence-electron chi connectivity index (χ1n) is 4.25. The fourth-order valence-corrected chi connectivity index (χ4v) is 1.00. The van der Waals surface area contributed by atoms with Gasteiger partial charge < -0.3 is 16.3 Å². The lowest BCUT2D eigenvalue weighted by molar-refractivity contribution is -0.115. The molecule has 0 aliphatic rings. The highest BCUT2D eigenvalue weighted by Crippen LogP contribution is 2.17. The quantitative estimate of drug-likeness (QED) is 0.313. The Morgan fingerprint density at radius 1 is 1.44 bits per heavy atom. The van der Waals surface area contributed by atoms with Crippen LogP contribution in [0.2, 0.25) is 0 Å². The third-order valence-electron chi connectivity index (χ3n) is 1.70. The number of nitrogens with one attached hydrogen (secondary N) is 1. The van der Waals surface area contributed by atoms with Crippen LogP contribution in [0.15, 0.2) is 23.4 Å². The van der Waals surface area contributed by atoms with Crippen LogP contribution in [-0.4, -0.2) is 17.0 Å². The number of hydrogen-bond donors (Lipinski definition) is 3. The van der Waals surface area contributed by atoms with Crippen molar-refractivity contribution in [2.75, 3.05) is 5.32 Å². The maximum atomic E-state index is 13.1. The molecule has 0 spiro atoms. The first-order chi connectivity index (χ1) is 7.54. The van der Waals surface area contributed by atoms with Crippen LogP contribution in [0.1, 0.15) is 6.42 Å². The molecule has 4 N–H and O–H groups in total. The van der Waals surface area contributed by atoms with E-state index in [0.29, 0.717) is 0 Å². The number of oxime groups is 1. The summed E-state index contributed by atoms with van der Waals surface area (Å²) >= 11 is 0. The third kappa shape index (κ3) is 2.91. The lowest BCUT2D eigenvalue weighted by Crippen LogP contribution is -2.22. The highest BCUT2D eigenvalue weighted by atomic mass is 19.1. The van der Waals surface area contributed by atoms with E-state index in [0.717, 1.165) is 12.1 Å². The number of nitrogens with zero attached hydrogens (tertiary/aromatic N) is 1. The van der Waals surface area contributed by atoms with E-state index < -0.39 is 29.6 Å². The van der Waals surface area contributed by atoms with Gasteiger partial charge in [0.1, 0.15) is 23.2 Å². The topological polar surface area (TPSA) is 87.7 Å². The monoisotopic (exact) mass is 229 g/mol. The standard InChI is InChI=1S/C9H9F2N3O2/c10-5-2-1-3-6(11)9(5)13-8(15)4-7(12)14-16/h1-3,16H,4H2,(H2,12,14)(H,13,15). The number of carbonyl (C=O) groups excluding carboxylic acids is 1. The van der Waals surface area contributed by atoms with E-state index >= 15 is 0 Å². The van der Waals surface area contributed by atoms with Crippen molar-refractivity contribution in [1.82, 2.24) is 0 Å². The minimum atomic E-state index is -0.896. The molecule has 0 saturated carbocycles. The summed E-state index contributed by atoms with van der Waals surface area (Å²) < 4.78 is 26.1. The van der Waals surface area contributed by atoms with Gasteiger partial charge in [0.25, 0.3) is 0 Å². The van der Waals surface area contributed by atoms with Crippen LogP contribution in [0.4, 0.5) is 14.5 Å². The molecule has 1 rings (SSSR count). The van der Waals surface area contributed by atoms with Crippen molar-refractivity contribution in [3.63, 3.8) is 0 Å². The summed E-state index contributed by atoms with van der Waals surface area (Å²) in [6, 6.07) is 3.17. The van der Waals surface area contributed by atoms with Crippen molar-refractivity contribution in [3.8, 4) is 0 Å². The summed E-state index contributed by atoms with van der Waals surface area (Å²) in [6.07, 6.45) is -0.454. The van der Waals surface area contributed by atoms with Crippen LogP contribution in [0.3, 0.4) is 0 Å². The lowest BCUT2D eigenvalue weighted by Gasteiger charge is -2.06. The smallest absolute Gasteiger partial charge is 0.232 e. The van der Waals surface area contributed by atoms with Crippen molar-refractivity contribution in [2.45, 2.75) is 6.42 Å². The molecule has 1 aromatic carbocycles. The van der Waals surface area contributed by atoms with E-state index in [4.69, 9.17) is 10.9 Å². The maximum Gasteiger partial charge on any atom is 0.232 e. The molecule has 0 aromatic heterocycles. The Balaban J connectivity index is 2.77. The van der Waals surface area contributed by atoms with E-state index in [1.165, 1.54) is 6.07 Å². The molecule has 0 unspecified atom stereocenters. The molecule has 7 heteroatoms. The lowest BCUT2D eigenvalue weighted by atomic mass is 10.2. The normalized spacial score (nSPS) is 11.2. The molecule has 0 fully saturated rings. The van der Waals surface area contributed by atoms with Crippen LogP contribution < -0.4 is 11.1 Å². The summed E-state index contributed by atoms with van der Waals surface area (Å²) in [4.78, 5) is 11.2. The highest BCUT2D eigenvalue weighted by molar-refractivity contribution is 6.04. The molecule has 0 aliphatic heterocycles. The van der Waals surface area contributed by atoms with Gasteiger partial charge in [-0.1, -0.05) is 11.2 Å². The van der Waals surface area contributed by atoms with Crippen LogP contribution in [0.5, 0.6) is 0 Å². The van der Waals surface area contributed by atoms with Crippen LogP contribution in [0, 0.1) is 11.6 Å². The summed E-state index contributed by atoms with van der Waals surface area (Å²) in [5, 5.41) is 12.7. The number of rotatable bonds is 3. The summed E-state index contributed by atoms with van der Waals surface area (Å²) in [7, 11) is 0. The van der Waals surface area contributed by atoms with Gasteiger partial charge in [0, 0.05) is 0 Å². The zero-order valence-electron chi connectivity index (χ0n) is 8.08. The summed E-state index contributed by atoms with van der Waals surface area (Å²) in [5.74, 6) is -2.92. The molecule has 0 radical (unpaired) electrons. The maximum absolute atomic E-state index is 13.1. The zero-order valence-corrected chi connectivity index (χ0v) is 8.08. The molecule has 0 bridgehead atoms. The Hall–Kier alpha value is -2.18. The van der Waals surface area contributed by atoms with Gasteiger partial charge in [0.05, 0.1) is 6.42 Å². The molecule has 0 aliphatic carbocycles. The van der Waals surface area contributed by atoms with Gasteiger partial charge in [-0.25, -0.2) is 8.78 Å². The Morgan fingerprint density at radius 3 is 2.50 bits per heavy atom. The number of amides is 1. The molecule has 0 atom stereocenters. The van der Waals surface area contributed by atoms with Gasteiger partial charge in [-0.3, -0.25) is 4.79 Å². The summed E-state index contributed by atoms with van der Waals surface area (Å²) in [6.45, 7) is 0. The molecule has 0 heterocycles. The van der Waals surface area contributed by atoms with E-state index in [1.807, 2.05) is 5.32 Å². The van der Waals surface area contributed by atoms with Gasteiger partial charge >= 0.3 is 0 Å². The third-order valence-corrected chi connectivity index (χ3v) is 1.70. The molecular weight excluding hydrogens is 220 g/mol. The van der Waals surface area contributed by atoms with Crippen LogP contribution in [-0.2, 0) is 4.79 Å². The molecule has 86 valence electrons. The van der Waals surface area contributed by atoms with Crippen LogP contribution >= 0.6 is 0 Å². The highest BCUT2D eigenvalue weighted by Gasteiger charge is 2.12. The molecule has 1 amide bonds. The Morgan fingerprint density at radius 2 is 2.00 bits per heavy atom.